The van der Waals surface area contributed by atoms with Gasteiger partial charge in [0.2, 0.25) is 0 Å². The van der Waals surface area contributed by atoms with E-state index in [1.807, 2.05) is 0 Å². The summed E-state index contributed by atoms with van der Waals surface area (Å²) in [4.78, 5) is 0. The van der Waals surface area contributed by atoms with Gasteiger partial charge in [-0.25, -0.2) is 0 Å². The zero-order valence-corrected chi connectivity index (χ0v) is 24.7. The molecule has 2 aliphatic rings. The monoisotopic (exact) mass is 557 g/mol. The number of hydrogen-bond donors (Lipinski definition) is 0. The molecule has 4 aromatic rings. The Morgan fingerprint density at radius 1 is 0.722 bits per heavy atom. The van der Waals surface area contributed by atoms with Gasteiger partial charge in [-0.2, -0.15) is 0 Å². The normalized spacial score (nSPS) is 15.8. The number of allylic oxidation sites excluding steroid dienone is 4. The SMILES string of the molecule is C[Si](C)(C)c1ccc2c(c1C1=CC=CC1)[CH]([Zr]=[C](c1ccccc1)c1ccccc1)c1ccccc1-2. The van der Waals surface area contributed by atoms with Gasteiger partial charge in [0.15, 0.2) is 0 Å². The zero-order chi connectivity index (χ0) is 24.7. The van der Waals surface area contributed by atoms with Crippen LogP contribution >= 0.6 is 0 Å². The van der Waals surface area contributed by atoms with Crippen LogP contribution in [-0.4, -0.2) is 11.3 Å². The Kier molecular flexibility index (Phi) is 6.36. The van der Waals surface area contributed by atoms with Gasteiger partial charge in [0, 0.05) is 0 Å². The molecule has 1 atom stereocenters. The summed E-state index contributed by atoms with van der Waals surface area (Å²) in [7, 11) is -1.55. The van der Waals surface area contributed by atoms with Crippen LogP contribution in [0.3, 0.4) is 0 Å². The third-order valence-corrected chi connectivity index (χ3v) is 13.8. The van der Waals surface area contributed by atoms with Crippen LogP contribution in [0, 0.1) is 0 Å². The van der Waals surface area contributed by atoms with Crippen molar-refractivity contribution >= 4 is 22.0 Å². The number of fused-ring (bicyclic) bond motifs is 3. The van der Waals surface area contributed by atoms with Crippen molar-refractivity contribution in [2.75, 3.05) is 0 Å². The van der Waals surface area contributed by atoms with Gasteiger partial charge >= 0.3 is 229 Å². The quantitative estimate of drug-likeness (QED) is 0.218. The Bertz CT molecular complexity index is 1480. The van der Waals surface area contributed by atoms with E-state index in [-0.39, 0.29) is 0 Å². The maximum absolute atomic E-state index is 2.50. The van der Waals surface area contributed by atoms with Crippen LogP contribution in [-0.2, 0) is 22.8 Å². The molecule has 2 aliphatic carbocycles. The van der Waals surface area contributed by atoms with E-state index >= 15 is 0 Å². The van der Waals surface area contributed by atoms with E-state index in [1.165, 1.54) is 27.8 Å². The molecule has 0 N–H and O–H groups in total. The van der Waals surface area contributed by atoms with Crippen LogP contribution in [0.15, 0.2) is 115 Å². The van der Waals surface area contributed by atoms with E-state index in [9.17, 15) is 0 Å². The van der Waals surface area contributed by atoms with Gasteiger partial charge in [0.1, 0.15) is 0 Å². The first-order chi connectivity index (χ1) is 17.5. The van der Waals surface area contributed by atoms with Crippen molar-refractivity contribution in [2.45, 2.75) is 29.7 Å². The van der Waals surface area contributed by atoms with Crippen molar-refractivity contribution in [3.8, 4) is 11.1 Å². The predicted octanol–water partition coefficient (Wildman–Crippen LogP) is 8.00. The summed E-state index contributed by atoms with van der Waals surface area (Å²) in [5.41, 5.74) is 12.0. The molecule has 0 saturated carbocycles. The average molecular weight is 559 g/mol. The maximum atomic E-state index is 2.50. The van der Waals surface area contributed by atoms with E-state index in [0.29, 0.717) is 3.63 Å². The zero-order valence-electron chi connectivity index (χ0n) is 21.3. The van der Waals surface area contributed by atoms with Crippen molar-refractivity contribution in [1.29, 1.82) is 0 Å². The first kappa shape index (κ1) is 23.7. The van der Waals surface area contributed by atoms with Gasteiger partial charge in [-0.3, -0.25) is 0 Å². The molecule has 0 aliphatic heterocycles. The first-order valence-electron chi connectivity index (χ1n) is 12.9. The molecule has 0 fully saturated rings. The van der Waals surface area contributed by atoms with E-state index in [4.69, 9.17) is 0 Å². The molecule has 0 bridgehead atoms. The molecule has 2 heteroatoms. The van der Waals surface area contributed by atoms with Crippen molar-refractivity contribution in [2.24, 2.45) is 0 Å². The second kappa shape index (κ2) is 9.66. The van der Waals surface area contributed by atoms with Crippen LogP contribution in [0.5, 0.6) is 0 Å². The summed E-state index contributed by atoms with van der Waals surface area (Å²) in [5.74, 6) is 0. The summed E-state index contributed by atoms with van der Waals surface area (Å²) in [6.45, 7) is 7.51. The van der Waals surface area contributed by atoms with E-state index < -0.39 is 30.8 Å². The topological polar surface area (TPSA) is 0 Å². The Balaban J connectivity index is 1.66. The van der Waals surface area contributed by atoms with Gasteiger partial charge in [-0.05, 0) is 0 Å². The van der Waals surface area contributed by atoms with Gasteiger partial charge in [-0.1, -0.05) is 0 Å². The van der Waals surface area contributed by atoms with E-state index in [1.54, 1.807) is 25.1 Å². The van der Waals surface area contributed by atoms with E-state index in [0.717, 1.165) is 6.42 Å². The van der Waals surface area contributed by atoms with Gasteiger partial charge in [-0.15, -0.1) is 0 Å². The fraction of sp³-hybridized carbons (Fsp3) is 0.147. The van der Waals surface area contributed by atoms with Crippen LogP contribution in [0.4, 0.5) is 0 Å². The fourth-order valence-electron chi connectivity index (χ4n) is 5.74. The number of rotatable bonds is 5. The molecule has 0 saturated heterocycles. The molecule has 4 aromatic carbocycles. The predicted molar refractivity (Wildman–Crippen MR) is 155 cm³/mol. The van der Waals surface area contributed by atoms with Gasteiger partial charge < -0.3 is 0 Å². The minimum atomic E-state index is -1.55. The van der Waals surface area contributed by atoms with Crippen LogP contribution < -0.4 is 5.19 Å². The Labute approximate surface area is 227 Å². The molecule has 0 spiro atoms. The van der Waals surface area contributed by atoms with Crippen molar-refractivity contribution in [3.05, 3.63) is 143 Å². The average Bonchev–Trinajstić information content (AvgIpc) is 3.54. The standard InChI is InChI=1S/C21H21Si.C13H10.Zr/c1-22(2,3)20-13-12-18-17-11-7-6-10-16(17)14-19(18)21(20)15-8-4-5-9-15;1-3-7-12(8-4-1)11-13-9-5-2-6-10-13;/h4-8,10-14H,9H2,1-3H3;1-10H;. The molecular weight excluding hydrogens is 528 g/mol. The molecule has 36 heavy (non-hydrogen) atoms. The van der Waals surface area contributed by atoms with Crippen LogP contribution in [0.1, 0.15) is 37.9 Å². The second-order valence-corrected chi connectivity index (χ2v) is 19.2. The van der Waals surface area contributed by atoms with Crippen molar-refractivity contribution < 1.29 is 22.8 Å². The second-order valence-electron chi connectivity index (χ2n) is 10.8. The van der Waals surface area contributed by atoms with E-state index in [2.05, 4.69) is 135 Å². The van der Waals surface area contributed by atoms with Crippen molar-refractivity contribution in [3.63, 3.8) is 0 Å². The third-order valence-electron chi connectivity index (χ3n) is 7.41. The third kappa shape index (κ3) is 4.25. The van der Waals surface area contributed by atoms with Crippen LogP contribution in [0.2, 0.25) is 19.6 Å². The Morgan fingerprint density at radius 3 is 1.97 bits per heavy atom. The molecular formula is C34H31SiZr. The molecule has 0 amide bonds. The van der Waals surface area contributed by atoms with Crippen LogP contribution in [0.25, 0.3) is 16.7 Å². The molecule has 6 rings (SSSR count). The number of benzene rings is 4. The fourth-order valence-corrected chi connectivity index (χ4v) is 11.8. The molecule has 0 radical (unpaired) electrons. The molecule has 0 heterocycles. The Morgan fingerprint density at radius 2 is 1.36 bits per heavy atom. The summed E-state index contributed by atoms with van der Waals surface area (Å²) < 4.78 is 2.10. The first-order valence-corrected chi connectivity index (χ1v) is 19.0. The summed E-state index contributed by atoms with van der Waals surface area (Å²) >= 11 is -1.12. The molecule has 1 unspecified atom stereocenters. The summed E-state index contributed by atoms with van der Waals surface area (Å²) in [5, 5.41) is 1.62. The summed E-state index contributed by atoms with van der Waals surface area (Å²) in [6.07, 6.45) is 8.01. The number of hydrogen-bond acceptors (Lipinski definition) is 0. The molecule has 0 aromatic heterocycles. The van der Waals surface area contributed by atoms with Gasteiger partial charge in [0.25, 0.3) is 0 Å². The Hall–Kier alpha value is -2.67. The van der Waals surface area contributed by atoms with Crippen molar-refractivity contribution in [1.82, 2.24) is 0 Å². The molecule has 175 valence electrons. The van der Waals surface area contributed by atoms with Gasteiger partial charge in [0.05, 0.1) is 0 Å². The summed E-state index contributed by atoms with van der Waals surface area (Å²) in [6, 6.07) is 36.5. The molecule has 0 nitrogen and oxygen atoms in total. The minimum absolute atomic E-state index is 0.503.